The van der Waals surface area contributed by atoms with Gasteiger partial charge in [-0.15, -0.1) is 0 Å². The van der Waals surface area contributed by atoms with Crippen molar-refractivity contribution in [1.82, 2.24) is 10.6 Å². The van der Waals surface area contributed by atoms with Crippen molar-refractivity contribution in [2.45, 2.75) is 25.1 Å². The molecule has 0 bridgehead atoms. The summed E-state index contributed by atoms with van der Waals surface area (Å²) in [5, 5.41) is 28.0. The number of benzene rings is 4. The lowest BCUT2D eigenvalue weighted by molar-refractivity contribution is -0.142. The van der Waals surface area contributed by atoms with Gasteiger partial charge < -0.3 is 25.6 Å². The van der Waals surface area contributed by atoms with E-state index in [1.54, 1.807) is 24.3 Å². The van der Waals surface area contributed by atoms with E-state index in [0.29, 0.717) is 0 Å². The second kappa shape index (κ2) is 11.3. The van der Waals surface area contributed by atoms with Crippen LogP contribution in [0.2, 0.25) is 0 Å². The zero-order valence-corrected chi connectivity index (χ0v) is 19.4. The Morgan fingerprint density at radius 1 is 0.778 bits per heavy atom. The number of carbonyl (C=O) groups excluding carboxylic acids is 2. The Bertz CT molecular complexity index is 1330. The van der Waals surface area contributed by atoms with Gasteiger partial charge in [0.2, 0.25) is 5.91 Å². The van der Waals surface area contributed by atoms with Gasteiger partial charge in [0.1, 0.15) is 18.7 Å². The lowest BCUT2D eigenvalue weighted by Crippen LogP contribution is -2.53. The summed E-state index contributed by atoms with van der Waals surface area (Å²) in [6.07, 6.45) is -0.889. The first kappa shape index (κ1) is 24.7. The van der Waals surface area contributed by atoms with Crippen LogP contribution in [0.1, 0.15) is 11.1 Å². The molecule has 2 amide bonds. The smallest absolute Gasteiger partial charge is 0.408 e. The van der Waals surface area contributed by atoms with Crippen molar-refractivity contribution < 1.29 is 29.3 Å². The van der Waals surface area contributed by atoms with Gasteiger partial charge in [0.25, 0.3) is 0 Å². The van der Waals surface area contributed by atoms with Crippen LogP contribution in [0, 0.1) is 0 Å². The molecule has 4 rings (SSSR count). The Labute approximate surface area is 207 Å². The molecular weight excluding hydrogens is 460 g/mol. The van der Waals surface area contributed by atoms with Crippen LogP contribution in [0.25, 0.3) is 21.5 Å². The first-order valence-electron chi connectivity index (χ1n) is 11.5. The maximum atomic E-state index is 12.8. The lowest BCUT2D eigenvalue weighted by atomic mass is 9.92. The van der Waals surface area contributed by atoms with Gasteiger partial charge in [-0.25, -0.2) is 9.59 Å². The van der Waals surface area contributed by atoms with E-state index in [4.69, 9.17) is 4.74 Å². The number of ether oxygens (including phenoxy) is 1. The number of nitrogens with one attached hydrogen (secondary N) is 2. The Kier molecular flexibility index (Phi) is 7.77. The second-order valence-corrected chi connectivity index (χ2v) is 8.34. The van der Waals surface area contributed by atoms with Crippen molar-refractivity contribution in [2.24, 2.45) is 0 Å². The third kappa shape index (κ3) is 5.79. The van der Waals surface area contributed by atoms with E-state index in [9.17, 15) is 24.6 Å². The number of hydrogen-bond acceptors (Lipinski definition) is 5. The molecule has 4 N–H and O–H groups in total. The fourth-order valence-corrected chi connectivity index (χ4v) is 4.11. The summed E-state index contributed by atoms with van der Waals surface area (Å²) in [5.74, 6) is -2.06. The summed E-state index contributed by atoms with van der Waals surface area (Å²) >= 11 is 0. The molecule has 4 aromatic rings. The molecule has 0 radical (unpaired) electrons. The zero-order valence-electron chi connectivity index (χ0n) is 19.4. The number of rotatable bonds is 9. The molecule has 0 aliphatic rings. The summed E-state index contributed by atoms with van der Waals surface area (Å²) in [6.45, 7) is -0.742. The molecular formula is C28H26N2O6. The highest BCUT2D eigenvalue weighted by atomic mass is 16.5. The molecule has 2 atom stereocenters. The quantitative estimate of drug-likeness (QED) is 0.269. The highest BCUT2D eigenvalue weighted by molar-refractivity contribution is 6.02. The number of carboxylic acids is 1. The molecule has 0 saturated heterocycles. The number of amides is 2. The lowest BCUT2D eigenvalue weighted by Gasteiger charge is -2.21. The van der Waals surface area contributed by atoms with E-state index >= 15 is 0 Å². The summed E-state index contributed by atoms with van der Waals surface area (Å²) in [5.41, 5.74) is 1.54. The third-order valence-electron chi connectivity index (χ3n) is 5.91. The first-order valence-corrected chi connectivity index (χ1v) is 11.5. The number of aliphatic hydroxyl groups excluding tert-OH is 1. The molecule has 36 heavy (non-hydrogen) atoms. The van der Waals surface area contributed by atoms with E-state index < -0.39 is 36.7 Å². The predicted octanol–water partition coefficient (Wildman–Crippen LogP) is 3.39. The first-order chi connectivity index (χ1) is 17.5. The SMILES string of the molecule is O=C(N[C@@H](CO)C(=O)N[C@@H](Cc1c2ccccc2cc2ccccc12)C(=O)O)OCc1ccccc1. The Balaban J connectivity index is 1.49. The van der Waals surface area contributed by atoms with Crippen LogP contribution >= 0.6 is 0 Å². The summed E-state index contributed by atoms with van der Waals surface area (Å²) in [6, 6.07) is 23.7. The normalized spacial score (nSPS) is 12.6. The van der Waals surface area contributed by atoms with Crippen molar-refractivity contribution in [3.63, 3.8) is 0 Å². The number of alkyl carbamates (subject to hydrolysis) is 1. The van der Waals surface area contributed by atoms with Crippen LogP contribution in [0.4, 0.5) is 4.79 Å². The van der Waals surface area contributed by atoms with Crippen molar-refractivity contribution in [3.05, 3.63) is 96.1 Å². The molecule has 0 aliphatic heterocycles. The summed E-state index contributed by atoms with van der Waals surface area (Å²) in [4.78, 5) is 37.1. The minimum absolute atomic E-state index is 0.0134. The number of fused-ring (bicyclic) bond motifs is 2. The van der Waals surface area contributed by atoms with Gasteiger partial charge in [0.15, 0.2) is 0 Å². The molecule has 0 fully saturated rings. The number of carboxylic acid groups (broad SMARTS) is 1. The Morgan fingerprint density at radius 2 is 1.36 bits per heavy atom. The molecule has 0 aliphatic carbocycles. The van der Waals surface area contributed by atoms with Gasteiger partial charge in [-0.2, -0.15) is 0 Å². The van der Waals surface area contributed by atoms with Crippen molar-refractivity contribution in [3.8, 4) is 0 Å². The number of carbonyl (C=O) groups is 3. The van der Waals surface area contributed by atoms with Crippen LogP contribution in [0.15, 0.2) is 84.9 Å². The van der Waals surface area contributed by atoms with Crippen molar-refractivity contribution >= 4 is 39.5 Å². The average Bonchev–Trinajstić information content (AvgIpc) is 2.90. The molecule has 0 aromatic heterocycles. The fraction of sp³-hybridized carbons (Fsp3) is 0.179. The monoisotopic (exact) mass is 486 g/mol. The Hall–Kier alpha value is -4.43. The maximum absolute atomic E-state index is 12.8. The largest absolute Gasteiger partial charge is 0.480 e. The van der Waals surface area contributed by atoms with E-state index in [2.05, 4.69) is 10.6 Å². The van der Waals surface area contributed by atoms with Crippen LogP contribution < -0.4 is 10.6 Å². The zero-order chi connectivity index (χ0) is 25.5. The van der Waals surface area contributed by atoms with E-state index in [0.717, 1.165) is 32.7 Å². The van der Waals surface area contributed by atoms with Gasteiger partial charge >= 0.3 is 12.1 Å². The molecule has 0 unspecified atom stereocenters. The highest BCUT2D eigenvalue weighted by Gasteiger charge is 2.27. The molecule has 8 heteroatoms. The number of hydrogen-bond donors (Lipinski definition) is 4. The predicted molar refractivity (Wildman–Crippen MR) is 135 cm³/mol. The maximum Gasteiger partial charge on any atom is 0.408 e. The van der Waals surface area contributed by atoms with Gasteiger partial charge in [0.05, 0.1) is 6.61 Å². The molecule has 184 valence electrons. The highest BCUT2D eigenvalue weighted by Crippen LogP contribution is 2.29. The molecule has 0 saturated carbocycles. The second-order valence-electron chi connectivity index (χ2n) is 8.34. The Morgan fingerprint density at radius 3 is 1.94 bits per heavy atom. The van der Waals surface area contributed by atoms with Crippen LogP contribution in [-0.2, 0) is 27.4 Å². The van der Waals surface area contributed by atoms with Gasteiger partial charge in [-0.1, -0.05) is 78.9 Å². The third-order valence-corrected chi connectivity index (χ3v) is 5.91. The van der Waals surface area contributed by atoms with Crippen LogP contribution in [-0.4, -0.2) is 46.9 Å². The molecule has 0 heterocycles. The van der Waals surface area contributed by atoms with Gasteiger partial charge in [-0.05, 0) is 38.7 Å². The van der Waals surface area contributed by atoms with E-state index in [-0.39, 0.29) is 13.0 Å². The van der Waals surface area contributed by atoms with Gasteiger partial charge in [0, 0.05) is 6.42 Å². The van der Waals surface area contributed by atoms with E-state index in [1.807, 2.05) is 60.7 Å². The summed E-state index contributed by atoms with van der Waals surface area (Å²) < 4.78 is 5.10. The van der Waals surface area contributed by atoms with Crippen LogP contribution in [0.5, 0.6) is 0 Å². The number of aliphatic carboxylic acids is 1. The van der Waals surface area contributed by atoms with Crippen molar-refractivity contribution in [1.29, 1.82) is 0 Å². The molecule has 8 nitrogen and oxygen atoms in total. The number of aliphatic hydroxyl groups is 1. The minimum Gasteiger partial charge on any atom is -0.480 e. The minimum atomic E-state index is -1.38. The topological polar surface area (TPSA) is 125 Å². The van der Waals surface area contributed by atoms with Gasteiger partial charge in [-0.3, -0.25) is 4.79 Å². The van der Waals surface area contributed by atoms with Crippen LogP contribution in [0.3, 0.4) is 0 Å². The standard InChI is InChI=1S/C28H26N2O6/c31-16-25(30-28(35)36-17-18-8-2-1-3-9-18)26(32)29-24(27(33)34)15-23-21-12-6-4-10-19(21)14-20-11-5-7-13-22(20)23/h1-14,24-25,31H,15-17H2,(H,29,32)(H,30,35)(H,33,34)/t24-,25-/m0/s1. The molecule has 0 spiro atoms. The molecule has 4 aromatic carbocycles. The summed E-state index contributed by atoms with van der Waals surface area (Å²) in [7, 11) is 0. The average molecular weight is 487 g/mol. The van der Waals surface area contributed by atoms with Crippen molar-refractivity contribution in [2.75, 3.05) is 6.61 Å². The van der Waals surface area contributed by atoms with E-state index in [1.165, 1.54) is 0 Å². The fourth-order valence-electron chi connectivity index (χ4n) is 4.11.